The summed E-state index contributed by atoms with van der Waals surface area (Å²) < 4.78 is 5.73. The van der Waals surface area contributed by atoms with Crippen LogP contribution in [0.5, 0.6) is 0 Å². The van der Waals surface area contributed by atoms with Crippen molar-refractivity contribution in [1.29, 1.82) is 0 Å². The molecule has 2 atom stereocenters. The molecule has 114 valence electrons. The van der Waals surface area contributed by atoms with Crippen molar-refractivity contribution in [2.75, 3.05) is 13.2 Å². The topological polar surface area (TPSA) is 62.4 Å². The number of hydrogen-bond donors (Lipinski definition) is 1. The van der Waals surface area contributed by atoms with Crippen molar-refractivity contribution in [2.24, 2.45) is 0 Å². The highest BCUT2D eigenvalue weighted by Gasteiger charge is 2.32. The van der Waals surface area contributed by atoms with Crippen LogP contribution in [0.4, 0.5) is 0 Å². The first-order chi connectivity index (χ1) is 10.6. The number of nitrogens with one attached hydrogen (secondary N) is 1. The zero-order chi connectivity index (χ0) is 15.5. The summed E-state index contributed by atoms with van der Waals surface area (Å²) in [6.07, 6.45) is 1.46. The van der Waals surface area contributed by atoms with Crippen molar-refractivity contribution in [3.05, 3.63) is 70.1 Å². The summed E-state index contributed by atoms with van der Waals surface area (Å²) >= 11 is 0. The molecule has 0 saturated carbocycles. The number of hydrogen-bond acceptors (Lipinski definition) is 3. The van der Waals surface area contributed by atoms with Gasteiger partial charge in [0.15, 0.2) is 0 Å². The maximum Gasteiger partial charge on any atom is 0.256 e. The molecule has 1 amide bonds. The van der Waals surface area contributed by atoms with Crippen LogP contribution >= 0.6 is 0 Å². The molecule has 5 nitrogen and oxygen atoms in total. The van der Waals surface area contributed by atoms with E-state index in [0.717, 1.165) is 5.56 Å². The normalized spacial score (nSPS) is 21.6. The van der Waals surface area contributed by atoms with E-state index in [1.807, 2.05) is 42.2 Å². The van der Waals surface area contributed by atoms with Crippen LogP contribution in [0.25, 0.3) is 0 Å². The Labute approximate surface area is 128 Å². The molecule has 1 aromatic heterocycles. The number of rotatable bonds is 2. The number of ether oxygens (including phenoxy) is 1. The summed E-state index contributed by atoms with van der Waals surface area (Å²) in [5.41, 5.74) is 1.31. The lowest BCUT2D eigenvalue weighted by atomic mass is 10.0. The number of amides is 1. The second kappa shape index (κ2) is 6.15. The highest BCUT2D eigenvalue weighted by Crippen LogP contribution is 2.27. The lowest BCUT2D eigenvalue weighted by molar-refractivity contribution is -0.0447. The summed E-state index contributed by atoms with van der Waals surface area (Å²) in [6, 6.07) is 12.7. The highest BCUT2D eigenvalue weighted by molar-refractivity contribution is 5.94. The Hall–Kier alpha value is -2.40. The van der Waals surface area contributed by atoms with Crippen molar-refractivity contribution in [2.45, 2.75) is 19.1 Å². The quantitative estimate of drug-likeness (QED) is 0.922. The average Bonchev–Trinajstić information content (AvgIpc) is 2.55. The maximum absolute atomic E-state index is 12.8. The van der Waals surface area contributed by atoms with Crippen LogP contribution in [0.2, 0.25) is 0 Å². The molecule has 2 heterocycles. The van der Waals surface area contributed by atoms with Gasteiger partial charge in [-0.3, -0.25) is 9.59 Å². The largest absolute Gasteiger partial charge is 0.374 e. The second-order valence-corrected chi connectivity index (χ2v) is 5.47. The molecule has 0 radical (unpaired) electrons. The number of H-pyrrole nitrogens is 1. The van der Waals surface area contributed by atoms with Gasteiger partial charge in [0, 0.05) is 18.8 Å². The van der Waals surface area contributed by atoms with E-state index < -0.39 is 0 Å². The van der Waals surface area contributed by atoms with Crippen LogP contribution in [0.1, 0.15) is 28.9 Å². The molecular weight excluding hydrogens is 280 g/mol. The van der Waals surface area contributed by atoms with Crippen LogP contribution in [-0.4, -0.2) is 35.0 Å². The first kappa shape index (κ1) is 14.5. The maximum atomic E-state index is 12.8. The minimum Gasteiger partial charge on any atom is -0.374 e. The first-order valence-corrected chi connectivity index (χ1v) is 7.31. The van der Waals surface area contributed by atoms with Crippen LogP contribution < -0.4 is 5.56 Å². The lowest BCUT2D eigenvalue weighted by Gasteiger charge is -2.39. The van der Waals surface area contributed by atoms with Crippen molar-refractivity contribution in [1.82, 2.24) is 9.88 Å². The Morgan fingerprint density at radius 2 is 2.00 bits per heavy atom. The number of aromatic amines is 1. The predicted octanol–water partition coefficient (Wildman–Crippen LogP) is 1.98. The number of carbonyl (C=O) groups excluding carboxylic acids is 1. The van der Waals surface area contributed by atoms with Crippen LogP contribution in [0.15, 0.2) is 53.5 Å². The van der Waals surface area contributed by atoms with E-state index in [4.69, 9.17) is 4.74 Å². The Bertz CT molecular complexity index is 691. The van der Waals surface area contributed by atoms with Gasteiger partial charge in [-0.2, -0.15) is 0 Å². The number of pyridine rings is 1. The number of morpholine rings is 1. The van der Waals surface area contributed by atoms with Crippen LogP contribution in [0.3, 0.4) is 0 Å². The van der Waals surface area contributed by atoms with Gasteiger partial charge >= 0.3 is 0 Å². The molecular formula is C17H18N2O3. The fourth-order valence-corrected chi connectivity index (χ4v) is 2.69. The van der Waals surface area contributed by atoms with Gasteiger partial charge in [-0.25, -0.2) is 0 Å². The van der Waals surface area contributed by atoms with Crippen LogP contribution in [0, 0.1) is 0 Å². The molecule has 1 N–H and O–H groups in total. The third-order valence-corrected chi connectivity index (χ3v) is 3.84. The summed E-state index contributed by atoms with van der Waals surface area (Å²) in [5.74, 6) is -0.0970. The summed E-state index contributed by atoms with van der Waals surface area (Å²) in [5, 5.41) is 0. The van der Waals surface area contributed by atoms with Gasteiger partial charge in [-0.05, 0) is 18.6 Å². The van der Waals surface area contributed by atoms with Gasteiger partial charge in [0.1, 0.15) is 0 Å². The third kappa shape index (κ3) is 2.94. The Balaban J connectivity index is 1.91. The van der Waals surface area contributed by atoms with E-state index in [-0.39, 0.29) is 23.6 Å². The van der Waals surface area contributed by atoms with Crippen molar-refractivity contribution in [3.63, 3.8) is 0 Å². The Morgan fingerprint density at radius 3 is 2.68 bits per heavy atom. The van der Waals surface area contributed by atoms with Gasteiger partial charge in [0.25, 0.3) is 5.91 Å². The SMILES string of the molecule is CC1CN(C(=O)c2ccc(=O)[nH]c2)C(c2ccccc2)CO1. The first-order valence-electron chi connectivity index (χ1n) is 7.31. The molecule has 1 aromatic carbocycles. The monoisotopic (exact) mass is 298 g/mol. The molecule has 0 spiro atoms. The van der Waals surface area contributed by atoms with E-state index in [0.29, 0.717) is 18.7 Å². The summed E-state index contributed by atoms with van der Waals surface area (Å²) in [6.45, 7) is 2.95. The molecule has 0 aliphatic carbocycles. The van der Waals surface area contributed by atoms with E-state index in [1.165, 1.54) is 12.3 Å². The molecule has 5 heteroatoms. The Kier molecular flexibility index (Phi) is 4.06. The second-order valence-electron chi connectivity index (χ2n) is 5.47. The Morgan fingerprint density at radius 1 is 1.23 bits per heavy atom. The van der Waals surface area contributed by atoms with E-state index in [9.17, 15) is 9.59 Å². The van der Waals surface area contributed by atoms with E-state index in [1.54, 1.807) is 6.07 Å². The van der Waals surface area contributed by atoms with E-state index in [2.05, 4.69) is 4.98 Å². The average molecular weight is 298 g/mol. The standard InChI is InChI=1S/C17H18N2O3/c1-12-10-19(17(21)14-7-8-16(20)18-9-14)15(11-22-12)13-5-3-2-4-6-13/h2-9,12,15H,10-11H2,1H3,(H,18,20). The van der Waals surface area contributed by atoms with Gasteiger partial charge < -0.3 is 14.6 Å². The van der Waals surface area contributed by atoms with Gasteiger partial charge in [0.05, 0.1) is 24.3 Å². The number of carbonyl (C=O) groups is 1. The van der Waals surface area contributed by atoms with Gasteiger partial charge in [-0.15, -0.1) is 0 Å². The fraction of sp³-hybridized carbons (Fsp3) is 0.294. The molecule has 22 heavy (non-hydrogen) atoms. The minimum absolute atomic E-state index is 0.00771. The molecule has 2 aromatic rings. The van der Waals surface area contributed by atoms with Crippen molar-refractivity contribution >= 4 is 5.91 Å². The molecule has 1 aliphatic heterocycles. The molecule has 1 fully saturated rings. The van der Waals surface area contributed by atoms with Crippen molar-refractivity contribution < 1.29 is 9.53 Å². The zero-order valence-electron chi connectivity index (χ0n) is 12.4. The van der Waals surface area contributed by atoms with Gasteiger partial charge in [0.2, 0.25) is 5.56 Å². The smallest absolute Gasteiger partial charge is 0.256 e. The van der Waals surface area contributed by atoms with Crippen LogP contribution in [-0.2, 0) is 4.74 Å². The zero-order valence-corrected chi connectivity index (χ0v) is 12.4. The summed E-state index contributed by atoms with van der Waals surface area (Å²) in [4.78, 5) is 28.3. The minimum atomic E-state index is -0.216. The molecule has 1 aliphatic rings. The summed E-state index contributed by atoms with van der Waals surface area (Å²) in [7, 11) is 0. The predicted molar refractivity (Wildman–Crippen MR) is 82.7 cm³/mol. The molecule has 1 saturated heterocycles. The van der Waals surface area contributed by atoms with E-state index >= 15 is 0 Å². The number of aromatic nitrogens is 1. The van der Waals surface area contributed by atoms with Crippen molar-refractivity contribution in [3.8, 4) is 0 Å². The molecule has 0 bridgehead atoms. The third-order valence-electron chi connectivity index (χ3n) is 3.84. The van der Waals surface area contributed by atoms with Gasteiger partial charge in [-0.1, -0.05) is 30.3 Å². The molecule has 3 rings (SSSR count). The fourth-order valence-electron chi connectivity index (χ4n) is 2.69. The number of benzene rings is 1. The lowest BCUT2D eigenvalue weighted by Crippen LogP contribution is -2.46. The molecule has 2 unspecified atom stereocenters. The number of nitrogens with zero attached hydrogens (tertiary/aromatic N) is 1. The highest BCUT2D eigenvalue weighted by atomic mass is 16.5.